The fourth-order valence-corrected chi connectivity index (χ4v) is 13.3. The quantitative estimate of drug-likeness (QED) is 0.151. The van der Waals surface area contributed by atoms with Crippen LogP contribution in [0.2, 0.25) is 0 Å². The topological polar surface area (TPSA) is 16.4 Å². The maximum Gasteiger partial charge on any atom is 0.136 e. The van der Waals surface area contributed by atoms with E-state index in [1.165, 1.54) is 72.1 Å². The summed E-state index contributed by atoms with van der Waals surface area (Å²) in [6.07, 6.45) is 0. The molecule has 0 aliphatic heterocycles. The summed E-state index contributed by atoms with van der Waals surface area (Å²) >= 11 is 0. The molecule has 2 heteroatoms. The third kappa shape index (κ3) is 5.94. The predicted octanol–water partition coefficient (Wildman–Crippen LogP) is 18.6. The van der Waals surface area contributed by atoms with Gasteiger partial charge in [-0.15, -0.1) is 0 Å². The summed E-state index contributed by atoms with van der Waals surface area (Å²) in [7, 11) is 0. The number of furan rings is 1. The fraction of sp³-hybridized carbons (Fsp3) is 0.0278. The Balaban J connectivity index is 1.06. The normalized spacial score (nSPS) is 13.6. The zero-order chi connectivity index (χ0) is 48.8. The van der Waals surface area contributed by atoms with Crippen LogP contribution < -0.4 is 4.90 Å². The Morgan fingerprint density at radius 2 is 0.743 bits per heavy atom. The standard InChI is InChI=1S/C72H47NO/c1-5-25-50(26-6-1)71(51-27-7-2-8-28-51)62-38-19-16-35-59(62)70-63(71)39-22-41-66(70)73(65-40-20-17-34-57(65)58-36-21-42-67-69(58)60-45-48-23-13-14-24-49(48)46-68(60)74-67)54-43-44-56-55-33-15-18-37-61(55)72(64(56)47-54,52-29-9-3-10-30-52)53-31-11-4-12-32-53/h1-47H. The van der Waals surface area contributed by atoms with Gasteiger partial charge in [0.2, 0.25) is 0 Å². The molecule has 0 radical (unpaired) electrons. The maximum absolute atomic E-state index is 6.77. The number of fused-ring (bicyclic) bond motifs is 10. The van der Waals surface area contributed by atoms with Crippen molar-refractivity contribution in [2.75, 3.05) is 4.90 Å². The van der Waals surface area contributed by atoms with Crippen molar-refractivity contribution in [1.29, 1.82) is 0 Å². The second-order valence-corrected chi connectivity index (χ2v) is 19.8. The first-order chi connectivity index (χ1) is 36.7. The van der Waals surface area contributed by atoms with Crippen molar-refractivity contribution in [1.82, 2.24) is 0 Å². The average molecular weight is 942 g/mol. The Morgan fingerprint density at radius 3 is 1.39 bits per heavy atom. The van der Waals surface area contributed by atoms with Crippen LogP contribution in [0.15, 0.2) is 290 Å². The molecule has 15 rings (SSSR count). The van der Waals surface area contributed by atoms with Gasteiger partial charge in [0.05, 0.1) is 22.2 Å². The van der Waals surface area contributed by atoms with E-state index < -0.39 is 10.8 Å². The molecule has 0 amide bonds. The second-order valence-electron chi connectivity index (χ2n) is 19.8. The molecule has 346 valence electrons. The molecule has 0 spiro atoms. The Hall–Kier alpha value is -9.50. The average Bonchev–Trinajstić information content (AvgIpc) is 4.15. The van der Waals surface area contributed by atoms with Gasteiger partial charge in [0, 0.05) is 27.6 Å². The van der Waals surface area contributed by atoms with Crippen LogP contribution in [0.3, 0.4) is 0 Å². The number of hydrogen-bond donors (Lipinski definition) is 0. The molecule has 2 aliphatic rings. The lowest BCUT2D eigenvalue weighted by molar-refractivity contribution is 0.669. The van der Waals surface area contributed by atoms with E-state index >= 15 is 0 Å². The first-order valence-electron chi connectivity index (χ1n) is 25.7. The van der Waals surface area contributed by atoms with Gasteiger partial charge >= 0.3 is 0 Å². The van der Waals surface area contributed by atoms with Gasteiger partial charge in [-0.25, -0.2) is 0 Å². The Kier molecular flexibility index (Phi) is 9.43. The van der Waals surface area contributed by atoms with Gasteiger partial charge in [-0.3, -0.25) is 0 Å². The summed E-state index contributed by atoms with van der Waals surface area (Å²) in [4.78, 5) is 2.57. The van der Waals surface area contributed by atoms with Crippen molar-refractivity contribution in [2.24, 2.45) is 0 Å². The zero-order valence-electron chi connectivity index (χ0n) is 40.5. The van der Waals surface area contributed by atoms with Crippen molar-refractivity contribution in [2.45, 2.75) is 10.8 Å². The molecule has 13 aromatic rings. The molecule has 74 heavy (non-hydrogen) atoms. The van der Waals surface area contributed by atoms with Crippen molar-refractivity contribution in [3.05, 3.63) is 330 Å². The smallest absolute Gasteiger partial charge is 0.136 e. The minimum atomic E-state index is -0.597. The number of anilines is 3. The Labute approximate surface area is 430 Å². The van der Waals surface area contributed by atoms with Gasteiger partial charge < -0.3 is 9.32 Å². The summed E-state index contributed by atoms with van der Waals surface area (Å²) in [5.74, 6) is 0. The van der Waals surface area contributed by atoms with E-state index in [9.17, 15) is 0 Å². The molecule has 0 saturated heterocycles. The van der Waals surface area contributed by atoms with Gasteiger partial charge in [0.1, 0.15) is 11.2 Å². The molecule has 0 unspecified atom stereocenters. The summed E-state index contributed by atoms with van der Waals surface area (Å²) in [6, 6.07) is 105. The van der Waals surface area contributed by atoms with Gasteiger partial charge in [-0.2, -0.15) is 0 Å². The third-order valence-corrected chi connectivity index (χ3v) is 16.2. The van der Waals surface area contributed by atoms with E-state index in [2.05, 4.69) is 290 Å². The van der Waals surface area contributed by atoms with Gasteiger partial charge in [0.15, 0.2) is 0 Å². The highest BCUT2D eigenvalue weighted by atomic mass is 16.3. The van der Waals surface area contributed by atoms with E-state index in [0.29, 0.717) is 0 Å². The molecular weight excluding hydrogens is 895 g/mol. The van der Waals surface area contributed by atoms with Crippen LogP contribution in [0.5, 0.6) is 0 Å². The molecule has 1 aromatic heterocycles. The molecule has 0 fully saturated rings. The lowest BCUT2D eigenvalue weighted by atomic mass is 9.67. The molecular formula is C72H47NO. The fourth-order valence-electron chi connectivity index (χ4n) is 13.3. The lowest BCUT2D eigenvalue weighted by Gasteiger charge is -2.36. The molecule has 0 atom stereocenters. The van der Waals surface area contributed by atoms with Crippen LogP contribution in [0.4, 0.5) is 17.1 Å². The zero-order valence-corrected chi connectivity index (χ0v) is 40.5. The molecule has 1 heterocycles. The van der Waals surface area contributed by atoms with Crippen LogP contribution >= 0.6 is 0 Å². The molecule has 0 bridgehead atoms. The predicted molar refractivity (Wildman–Crippen MR) is 306 cm³/mol. The summed E-state index contributed by atoms with van der Waals surface area (Å²) in [5.41, 5.74) is 20.9. The Morgan fingerprint density at radius 1 is 0.284 bits per heavy atom. The van der Waals surface area contributed by atoms with E-state index in [-0.39, 0.29) is 0 Å². The SMILES string of the molecule is c1ccc(C2(c3ccccc3)c3ccccc3-c3ccc(N(c4ccccc4-c4cccc5oc6cc7ccccc7cc6c45)c4cccc5c4-c4ccccc4C5(c4ccccc4)c4ccccc4)cc32)cc1. The van der Waals surface area contributed by atoms with E-state index in [4.69, 9.17) is 4.42 Å². The monoisotopic (exact) mass is 941 g/mol. The highest BCUT2D eigenvalue weighted by Gasteiger charge is 2.49. The van der Waals surface area contributed by atoms with Crippen LogP contribution in [-0.2, 0) is 10.8 Å². The minimum Gasteiger partial charge on any atom is -0.456 e. The maximum atomic E-state index is 6.77. The van der Waals surface area contributed by atoms with Gasteiger partial charge in [-0.05, 0) is 120 Å². The van der Waals surface area contributed by atoms with Crippen molar-refractivity contribution in [3.8, 4) is 33.4 Å². The molecule has 0 N–H and O–H groups in total. The van der Waals surface area contributed by atoms with Gasteiger partial charge in [-0.1, -0.05) is 243 Å². The number of nitrogens with zero attached hydrogens (tertiary/aromatic N) is 1. The third-order valence-electron chi connectivity index (χ3n) is 16.2. The second kappa shape index (κ2) is 16.5. The van der Waals surface area contributed by atoms with Crippen LogP contribution in [0.25, 0.3) is 66.1 Å². The largest absolute Gasteiger partial charge is 0.456 e. The highest BCUT2D eigenvalue weighted by Crippen LogP contribution is 2.62. The van der Waals surface area contributed by atoms with Gasteiger partial charge in [0.25, 0.3) is 0 Å². The van der Waals surface area contributed by atoms with E-state index in [1.54, 1.807) is 0 Å². The van der Waals surface area contributed by atoms with Crippen molar-refractivity contribution < 1.29 is 4.42 Å². The number of hydrogen-bond acceptors (Lipinski definition) is 2. The molecule has 2 aliphatic carbocycles. The minimum absolute atomic E-state index is 0.588. The lowest BCUT2D eigenvalue weighted by Crippen LogP contribution is -2.29. The van der Waals surface area contributed by atoms with Crippen LogP contribution in [0.1, 0.15) is 44.5 Å². The summed E-state index contributed by atoms with van der Waals surface area (Å²) < 4.78 is 6.77. The van der Waals surface area contributed by atoms with E-state index in [0.717, 1.165) is 55.5 Å². The number of rotatable bonds is 8. The van der Waals surface area contributed by atoms with Crippen molar-refractivity contribution in [3.63, 3.8) is 0 Å². The highest BCUT2D eigenvalue weighted by molar-refractivity contribution is 6.17. The first-order valence-corrected chi connectivity index (χ1v) is 25.7. The summed E-state index contributed by atoms with van der Waals surface area (Å²) in [6.45, 7) is 0. The van der Waals surface area contributed by atoms with Crippen LogP contribution in [-0.4, -0.2) is 0 Å². The summed E-state index contributed by atoms with van der Waals surface area (Å²) in [5, 5.41) is 4.55. The first kappa shape index (κ1) is 42.2. The number of para-hydroxylation sites is 1. The molecule has 2 nitrogen and oxygen atoms in total. The number of benzene rings is 12. The Bertz CT molecular complexity index is 4230. The molecule has 12 aromatic carbocycles. The molecule has 0 saturated carbocycles. The van der Waals surface area contributed by atoms with Crippen LogP contribution in [0, 0.1) is 0 Å². The van der Waals surface area contributed by atoms with Crippen molar-refractivity contribution >= 4 is 49.8 Å². The van der Waals surface area contributed by atoms with E-state index in [1.807, 2.05) is 0 Å².